The van der Waals surface area contributed by atoms with Gasteiger partial charge in [0.2, 0.25) is 0 Å². The van der Waals surface area contributed by atoms with Crippen molar-refractivity contribution in [3.05, 3.63) is 50.9 Å². The van der Waals surface area contributed by atoms with Crippen LogP contribution in [-0.4, -0.2) is 22.6 Å². The number of benzene rings is 1. The molecule has 3 rings (SSSR count). The third-order valence-electron chi connectivity index (χ3n) is 4.69. The highest BCUT2D eigenvalue weighted by molar-refractivity contribution is 7.17. The van der Waals surface area contributed by atoms with Gasteiger partial charge in [0.15, 0.2) is 0 Å². The Labute approximate surface area is 156 Å². The summed E-state index contributed by atoms with van der Waals surface area (Å²) in [5, 5.41) is 2.66. The number of aromatic nitrogens is 2. The molecule has 0 aliphatic heterocycles. The van der Waals surface area contributed by atoms with Crippen LogP contribution in [-0.2, 0) is 16.1 Å². The summed E-state index contributed by atoms with van der Waals surface area (Å²) < 4.78 is 6.32. The normalized spacial score (nSPS) is 11.1. The number of aryl methyl sites for hydroxylation is 3. The number of hydrogen-bond acceptors (Lipinski definition) is 5. The van der Waals surface area contributed by atoms with Gasteiger partial charge in [-0.25, -0.2) is 4.98 Å². The molecular weight excluding hydrogens is 348 g/mol. The summed E-state index contributed by atoms with van der Waals surface area (Å²) in [4.78, 5) is 29.8. The minimum absolute atomic E-state index is 0.0492. The first kappa shape index (κ1) is 18.3. The lowest BCUT2D eigenvalue weighted by Gasteiger charge is -2.10. The lowest BCUT2D eigenvalue weighted by atomic mass is 10.0. The molecule has 6 heteroatoms. The maximum atomic E-state index is 13.1. The molecule has 26 heavy (non-hydrogen) atoms. The van der Waals surface area contributed by atoms with Crippen LogP contribution in [0.1, 0.15) is 29.8 Å². The fourth-order valence-corrected chi connectivity index (χ4v) is 3.98. The summed E-state index contributed by atoms with van der Waals surface area (Å²) in [6, 6.07) is 6.23. The molecule has 0 unspecified atom stereocenters. The molecule has 0 atom stereocenters. The monoisotopic (exact) mass is 370 g/mol. The van der Waals surface area contributed by atoms with E-state index in [9.17, 15) is 9.59 Å². The zero-order valence-electron chi connectivity index (χ0n) is 15.5. The van der Waals surface area contributed by atoms with Crippen LogP contribution in [0.4, 0.5) is 0 Å². The van der Waals surface area contributed by atoms with Gasteiger partial charge in [-0.1, -0.05) is 18.2 Å². The predicted molar refractivity (Wildman–Crippen MR) is 105 cm³/mol. The highest BCUT2D eigenvalue weighted by Crippen LogP contribution is 2.32. The zero-order chi connectivity index (χ0) is 18.8. The largest absolute Gasteiger partial charge is 0.469 e. The summed E-state index contributed by atoms with van der Waals surface area (Å²) in [5.41, 5.74) is 4.32. The number of carbonyl (C=O) groups excluding carboxylic acids is 1. The van der Waals surface area contributed by atoms with Gasteiger partial charge in [-0.2, -0.15) is 0 Å². The number of esters is 1. The second-order valence-electron chi connectivity index (χ2n) is 6.42. The van der Waals surface area contributed by atoms with E-state index < -0.39 is 0 Å². The maximum Gasteiger partial charge on any atom is 0.305 e. The van der Waals surface area contributed by atoms with E-state index in [4.69, 9.17) is 0 Å². The van der Waals surface area contributed by atoms with Crippen LogP contribution in [0.15, 0.2) is 28.4 Å². The third-order valence-corrected chi connectivity index (χ3v) is 5.57. The van der Waals surface area contributed by atoms with Crippen LogP contribution in [0.2, 0.25) is 0 Å². The zero-order valence-corrected chi connectivity index (χ0v) is 16.3. The van der Waals surface area contributed by atoms with E-state index in [1.807, 2.05) is 18.4 Å². The second-order valence-corrected chi connectivity index (χ2v) is 7.28. The van der Waals surface area contributed by atoms with Gasteiger partial charge in [0.1, 0.15) is 10.7 Å². The molecule has 0 N–H and O–H groups in total. The Bertz CT molecular complexity index is 1030. The average Bonchev–Trinajstić information content (AvgIpc) is 3.03. The van der Waals surface area contributed by atoms with Gasteiger partial charge in [-0.15, -0.1) is 11.3 Å². The van der Waals surface area contributed by atoms with Crippen molar-refractivity contribution in [2.75, 3.05) is 7.11 Å². The molecule has 0 saturated carbocycles. The van der Waals surface area contributed by atoms with Crippen molar-refractivity contribution in [2.24, 2.45) is 0 Å². The number of carbonyl (C=O) groups is 1. The maximum absolute atomic E-state index is 13.1. The SMILES string of the molecule is COC(=O)CCCn1c(C)nc2scc(-c3ccc(C)c(C)c3)c2c1=O. The highest BCUT2D eigenvalue weighted by atomic mass is 32.1. The van der Waals surface area contributed by atoms with Crippen LogP contribution in [0.25, 0.3) is 21.3 Å². The molecule has 0 spiro atoms. The first-order valence-corrected chi connectivity index (χ1v) is 9.43. The van der Waals surface area contributed by atoms with Gasteiger partial charge >= 0.3 is 5.97 Å². The van der Waals surface area contributed by atoms with Crippen molar-refractivity contribution >= 4 is 27.5 Å². The van der Waals surface area contributed by atoms with E-state index >= 15 is 0 Å². The molecule has 0 saturated heterocycles. The molecule has 2 heterocycles. The second kappa shape index (κ2) is 7.41. The van der Waals surface area contributed by atoms with Crippen LogP contribution >= 0.6 is 11.3 Å². The van der Waals surface area contributed by atoms with Crippen LogP contribution < -0.4 is 5.56 Å². The van der Waals surface area contributed by atoms with Gasteiger partial charge in [-0.3, -0.25) is 14.2 Å². The standard InChI is InChI=1S/C20H22N2O3S/c1-12-7-8-15(10-13(12)2)16-11-26-19-18(16)20(24)22(14(3)21-19)9-5-6-17(23)25-4/h7-8,10-11H,5-6,9H2,1-4H3. The van der Waals surface area contributed by atoms with Crippen LogP contribution in [0.3, 0.4) is 0 Å². The molecule has 0 amide bonds. The summed E-state index contributed by atoms with van der Waals surface area (Å²) in [6.07, 6.45) is 0.831. The van der Waals surface area contributed by atoms with Crippen molar-refractivity contribution in [1.29, 1.82) is 0 Å². The topological polar surface area (TPSA) is 61.2 Å². The van der Waals surface area contributed by atoms with Gasteiger partial charge < -0.3 is 4.74 Å². The summed E-state index contributed by atoms with van der Waals surface area (Å²) in [7, 11) is 1.37. The lowest BCUT2D eigenvalue weighted by Crippen LogP contribution is -2.24. The summed E-state index contributed by atoms with van der Waals surface area (Å²) in [5.74, 6) is 0.400. The number of nitrogens with zero attached hydrogens (tertiary/aromatic N) is 2. The minimum atomic E-state index is -0.268. The first-order valence-electron chi connectivity index (χ1n) is 8.55. The van der Waals surface area contributed by atoms with Crippen molar-refractivity contribution in [1.82, 2.24) is 9.55 Å². The van der Waals surface area contributed by atoms with Crippen LogP contribution in [0, 0.1) is 20.8 Å². The fourth-order valence-electron chi connectivity index (χ4n) is 2.99. The Balaban J connectivity index is 2.05. The smallest absolute Gasteiger partial charge is 0.305 e. The molecule has 0 fully saturated rings. The third kappa shape index (κ3) is 3.42. The Kier molecular flexibility index (Phi) is 5.23. The van der Waals surface area contributed by atoms with E-state index in [1.54, 1.807) is 4.57 Å². The molecule has 136 valence electrons. The summed E-state index contributed by atoms with van der Waals surface area (Å²) >= 11 is 1.49. The van der Waals surface area contributed by atoms with Crippen molar-refractivity contribution < 1.29 is 9.53 Å². The highest BCUT2D eigenvalue weighted by Gasteiger charge is 2.16. The number of methoxy groups -OCH3 is 1. The van der Waals surface area contributed by atoms with Gasteiger partial charge in [0, 0.05) is 23.9 Å². The number of hydrogen-bond donors (Lipinski definition) is 0. The number of rotatable bonds is 5. The quantitative estimate of drug-likeness (QED) is 0.637. The molecular formula is C20H22N2O3S. The summed E-state index contributed by atoms with van der Waals surface area (Å²) in [6.45, 7) is 6.42. The van der Waals surface area contributed by atoms with E-state index in [0.29, 0.717) is 24.2 Å². The van der Waals surface area contributed by atoms with Gasteiger partial charge in [0.25, 0.3) is 5.56 Å². The molecule has 0 aliphatic rings. The van der Waals surface area contributed by atoms with E-state index in [2.05, 4.69) is 35.7 Å². The molecule has 5 nitrogen and oxygen atoms in total. The number of fused-ring (bicyclic) bond motifs is 1. The first-order chi connectivity index (χ1) is 12.4. The Morgan fingerprint density at radius 1 is 1.23 bits per heavy atom. The van der Waals surface area contributed by atoms with Crippen molar-refractivity contribution in [3.63, 3.8) is 0 Å². The lowest BCUT2D eigenvalue weighted by molar-refractivity contribution is -0.140. The minimum Gasteiger partial charge on any atom is -0.469 e. The molecule has 2 aromatic heterocycles. The van der Waals surface area contributed by atoms with Crippen molar-refractivity contribution in [3.8, 4) is 11.1 Å². The van der Waals surface area contributed by atoms with Gasteiger partial charge in [0.05, 0.1) is 12.5 Å². The fraction of sp³-hybridized carbons (Fsp3) is 0.350. The predicted octanol–water partition coefficient (Wildman–Crippen LogP) is 4.00. The Morgan fingerprint density at radius 2 is 2.00 bits per heavy atom. The van der Waals surface area contributed by atoms with E-state index in [0.717, 1.165) is 16.0 Å². The molecule has 0 bridgehead atoms. The number of ether oxygens (including phenoxy) is 1. The average molecular weight is 370 g/mol. The van der Waals surface area contributed by atoms with Crippen LogP contribution in [0.5, 0.6) is 0 Å². The molecule has 0 radical (unpaired) electrons. The Hall–Kier alpha value is -2.47. The molecule has 0 aliphatic carbocycles. The van der Waals surface area contributed by atoms with E-state index in [-0.39, 0.29) is 17.9 Å². The Morgan fingerprint density at radius 3 is 2.69 bits per heavy atom. The number of thiophene rings is 1. The van der Waals surface area contributed by atoms with Crippen molar-refractivity contribution in [2.45, 2.75) is 40.2 Å². The molecule has 3 aromatic rings. The van der Waals surface area contributed by atoms with Gasteiger partial charge in [-0.05, 0) is 43.9 Å². The molecule has 1 aromatic carbocycles. The van der Waals surface area contributed by atoms with E-state index in [1.165, 1.54) is 29.6 Å².